The number of fused-ring (bicyclic) bond motifs is 9. The molecule has 0 amide bonds. The van der Waals surface area contributed by atoms with Crippen LogP contribution >= 0.6 is 0 Å². The molecule has 7 atom stereocenters. The molecule has 76 valence electrons. The van der Waals surface area contributed by atoms with Crippen molar-refractivity contribution in [3.63, 3.8) is 0 Å². The molecule has 3 unspecified atom stereocenters. The highest BCUT2D eigenvalue weighted by Crippen LogP contribution is 2.67. The van der Waals surface area contributed by atoms with Gasteiger partial charge in [0.15, 0.2) is 0 Å². The van der Waals surface area contributed by atoms with E-state index >= 15 is 0 Å². The average molecular weight is 188 g/mol. The lowest BCUT2D eigenvalue weighted by Crippen LogP contribution is -2.30. The van der Waals surface area contributed by atoms with Gasteiger partial charge in [-0.25, -0.2) is 0 Å². The van der Waals surface area contributed by atoms with Gasteiger partial charge < -0.3 is 0 Å². The van der Waals surface area contributed by atoms with Crippen molar-refractivity contribution < 1.29 is 0 Å². The molecule has 3 saturated carbocycles. The molecule has 4 aliphatic rings. The Bertz CT molecular complexity index is 290. The van der Waals surface area contributed by atoms with E-state index in [0.29, 0.717) is 0 Å². The molecule has 0 aromatic heterocycles. The molecule has 0 heteroatoms. The highest BCUT2D eigenvalue weighted by atomic mass is 14.6. The molecule has 3 fully saturated rings. The topological polar surface area (TPSA) is 0 Å². The van der Waals surface area contributed by atoms with Crippen LogP contribution in [0.25, 0.3) is 0 Å². The predicted molar refractivity (Wildman–Crippen MR) is 57.7 cm³/mol. The minimum absolute atomic E-state index is 1.01. The molecule has 0 radical (unpaired) electrons. The lowest BCUT2D eigenvalue weighted by Gasteiger charge is -2.36. The van der Waals surface area contributed by atoms with E-state index in [4.69, 9.17) is 0 Å². The van der Waals surface area contributed by atoms with Crippen molar-refractivity contribution in [2.45, 2.75) is 32.6 Å². The molecule has 14 heavy (non-hydrogen) atoms. The molecule has 0 aliphatic heterocycles. The maximum atomic E-state index is 2.55. The monoisotopic (exact) mass is 188 g/mol. The SMILES string of the molecule is CCC1C[C@H]2C[C@@H]1C1C2[C@@H]2C=C[C@H]1C2. The number of allylic oxidation sites excluding steroid dienone is 2. The molecule has 0 heterocycles. The van der Waals surface area contributed by atoms with Gasteiger partial charge in [0.2, 0.25) is 0 Å². The zero-order valence-corrected chi connectivity index (χ0v) is 9.02. The van der Waals surface area contributed by atoms with Gasteiger partial charge >= 0.3 is 0 Å². The Hall–Kier alpha value is -0.260. The van der Waals surface area contributed by atoms with Crippen LogP contribution in [-0.4, -0.2) is 0 Å². The Morgan fingerprint density at radius 1 is 1.00 bits per heavy atom. The maximum absolute atomic E-state index is 2.55. The van der Waals surface area contributed by atoms with Crippen LogP contribution in [0.3, 0.4) is 0 Å². The molecule has 0 nitrogen and oxygen atoms in total. The van der Waals surface area contributed by atoms with Crippen molar-refractivity contribution in [3.05, 3.63) is 12.2 Å². The van der Waals surface area contributed by atoms with Gasteiger partial charge in [0.05, 0.1) is 0 Å². The van der Waals surface area contributed by atoms with Gasteiger partial charge in [-0.3, -0.25) is 0 Å². The van der Waals surface area contributed by atoms with Crippen LogP contribution in [0.1, 0.15) is 32.6 Å². The first kappa shape index (κ1) is 7.96. The summed E-state index contributed by atoms with van der Waals surface area (Å²) in [6.07, 6.45) is 11.3. The highest BCUT2D eigenvalue weighted by molar-refractivity contribution is 5.20. The van der Waals surface area contributed by atoms with Crippen LogP contribution < -0.4 is 0 Å². The second kappa shape index (κ2) is 2.46. The normalized spacial score (nSPS) is 62.5. The molecule has 4 aliphatic carbocycles. The fourth-order valence-corrected chi connectivity index (χ4v) is 5.62. The molecule has 0 N–H and O–H groups in total. The molecule has 0 aromatic rings. The fourth-order valence-electron chi connectivity index (χ4n) is 5.62. The second-order valence-electron chi connectivity index (χ2n) is 6.17. The Labute approximate surface area is 86.8 Å². The van der Waals surface area contributed by atoms with Gasteiger partial charge in [0, 0.05) is 0 Å². The molecular formula is C14H20. The van der Waals surface area contributed by atoms with Gasteiger partial charge in [0.1, 0.15) is 0 Å². The van der Waals surface area contributed by atoms with Crippen LogP contribution in [0, 0.1) is 41.4 Å². The zero-order valence-electron chi connectivity index (χ0n) is 9.02. The van der Waals surface area contributed by atoms with Gasteiger partial charge in [-0.2, -0.15) is 0 Å². The highest BCUT2D eigenvalue weighted by Gasteiger charge is 2.60. The lowest BCUT2D eigenvalue weighted by atomic mass is 9.69. The quantitative estimate of drug-likeness (QED) is 0.436. The van der Waals surface area contributed by atoms with Crippen LogP contribution in [-0.2, 0) is 0 Å². The van der Waals surface area contributed by atoms with Gasteiger partial charge in [-0.1, -0.05) is 25.5 Å². The lowest BCUT2D eigenvalue weighted by molar-refractivity contribution is 0.147. The van der Waals surface area contributed by atoms with Crippen molar-refractivity contribution in [2.24, 2.45) is 41.4 Å². The number of rotatable bonds is 1. The van der Waals surface area contributed by atoms with E-state index in [2.05, 4.69) is 19.1 Å². The summed E-state index contributed by atoms with van der Waals surface area (Å²) in [5.74, 6) is 7.66. The third-order valence-electron chi connectivity index (χ3n) is 5.93. The van der Waals surface area contributed by atoms with Crippen molar-refractivity contribution in [1.82, 2.24) is 0 Å². The minimum Gasteiger partial charge on any atom is -0.0848 e. The van der Waals surface area contributed by atoms with E-state index < -0.39 is 0 Å². The number of hydrogen-bond donors (Lipinski definition) is 0. The van der Waals surface area contributed by atoms with Crippen LogP contribution in [0.5, 0.6) is 0 Å². The summed E-state index contributed by atoms with van der Waals surface area (Å²) in [7, 11) is 0. The van der Waals surface area contributed by atoms with Gasteiger partial charge in [0.25, 0.3) is 0 Å². The van der Waals surface area contributed by atoms with E-state index in [1.165, 1.54) is 12.8 Å². The Morgan fingerprint density at radius 2 is 1.79 bits per heavy atom. The predicted octanol–water partition coefficient (Wildman–Crippen LogP) is 3.49. The Morgan fingerprint density at radius 3 is 2.57 bits per heavy atom. The molecule has 0 aromatic carbocycles. The smallest absolute Gasteiger partial charge is 0.0194 e. The first-order valence-corrected chi connectivity index (χ1v) is 6.56. The second-order valence-corrected chi connectivity index (χ2v) is 6.17. The Balaban J connectivity index is 1.72. The summed E-state index contributed by atoms with van der Waals surface area (Å²) in [4.78, 5) is 0. The average Bonchev–Trinajstić information content (AvgIpc) is 2.94. The summed E-state index contributed by atoms with van der Waals surface area (Å²) in [5, 5.41) is 0. The van der Waals surface area contributed by atoms with E-state index in [1.54, 1.807) is 12.8 Å². The summed E-state index contributed by atoms with van der Waals surface area (Å²) >= 11 is 0. The first-order valence-electron chi connectivity index (χ1n) is 6.56. The molecule has 0 spiro atoms. The van der Waals surface area contributed by atoms with Crippen molar-refractivity contribution in [1.29, 1.82) is 0 Å². The third-order valence-corrected chi connectivity index (χ3v) is 5.93. The maximum Gasteiger partial charge on any atom is -0.0194 e. The van der Waals surface area contributed by atoms with Crippen LogP contribution in [0.2, 0.25) is 0 Å². The van der Waals surface area contributed by atoms with Gasteiger partial charge in [-0.05, 0) is 60.7 Å². The summed E-state index contributed by atoms with van der Waals surface area (Å²) in [6, 6.07) is 0. The minimum atomic E-state index is 1.01. The molecule has 4 rings (SSSR count). The van der Waals surface area contributed by atoms with Crippen LogP contribution in [0.15, 0.2) is 12.2 Å². The first-order chi connectivity index (χ1) is 6.88. The molecule has 0 saturated heterocycles. The Kier molecular flexibility index (Phi) is 1.40. The summed E-state index contributed by atoms with van der Waals surface area (Å²) in [6.45, 7) is 2.41. The summed E-state index contributed by atoms with van der Waals surface area (Å²) in [5.41, 5.74) is 0. The van der Waals surface area contributed by atoms with E-state index in [-0.39, 0.29) is 0 Å². The zero-order chi connectivity index (χ0) is 9.28. The van der Waals surface area contributed by atoms with Crippen molar-refractivity contribution in [2.75, 3.05) is 0 Å². The third kappa shape index (κ3) is 0.741. The standard InChI is InChI=1S/C14H20/c1-2-8-5-11-7-12(8)14-10-4-3-9(6-10)13(11)14/h3-4,8-14H,2,5-7H2,1H3/t8?,9-,10+,11+,12+,13?,14?/m1/s1. The van der Waals surface area contributed by atoms with Gasteiger partial charge in [-0.15, -0.1) is 0 Å². The van der Waals surface area contributed by atoms with E-state index in [9.17, 15) is 0 Å². The largest absolute Gasteiger partial charge is 0.0848 e. The van der Waals surface area contributed by atoms with Crippen molar-refractivity contribution >= 4 is 0 Å². The van der Waals surface area contributed by atoms with E-state index in [1.807, 2.05) is 0 Å². The summed E-state index contributed by atoms with van der Waals surface area (Å²) < 4.78 is 0. The number of hydrogen-bond acceptors (Lipinski definition) is 0. The fraction of sp³-hybridized carbons (Fsp3) is 0.857. The van der Waals surface area contributed by atoms with E-state index in [0.717, 1.165) is 41.4 Å². The van der Waals surface area contributed by atoms with Crippen LogP contribution in [0.4, 0.5) is 0 Å². The molecule has 4 bridgehead atoms. The molecular weight excluding hydrogens is 168 g/mol. The van der Waals surface area contributed by atoms with Crippen molar-refractivity contribution in [3.8, 4) is 0 Å².